The molecule has 1 aliphatic rings. The van der Waals surface area contributed by atoms with E-state index in [0.717, 1.165) is 42.9 Å². The van der Waals surface area contributed by atoms with E-state index in [9.17, 15) is 4.39 Å². The van der Waals surface area contributed by atoms with Gasteiger partial charge in [0.2, 0.25) is 0 Å². The molecule has 6 nitrogen and oxygen atoms in total. The van der Waals surface area contributed by atoms with E-state index in [1.54, 1.807) is 12.1 Å². The van der Waals surface area contributed by atoms with Crippen LogP contribution in [0.1, 0.15) is 41.3 Å². The molecule has 132 valence electrons. The first-order valence-electron chi connectivity index (χ1n) is 8.72. The van der Waals surface area contributed by atoms with Crippen molar-refractivity contribution in [1.29, 1.82) is 5.26 Å². The van der Waals surface area contributed by atoms with Gasteiger partial charge in [-0.3, -0.25) is 4.90 Å². The fraction of sp³-hybridized carbons (Fsp3) is 0.368. The Morgan fingerprint density at radius 1 is 1.35 bits per heavy atom. The minimum absolute atomic E-state index is 0.102. The summed E-state index contributed by atoms with van der Waals surface area (Å²) in [4.78, 5) is 11.0. The van der Waals surface area contributed by atoms with Crippen molar-refractivity contribution in [1.82, 2.24) is 24.5 Å². The molecule has 2 aromatic heterocycles. The highest BCUT2D eigenvalue weighted by molar-refractivity contribution is 5.34. The highest BCUT2D eigenvalue weighted by atomic mass is 19.1. The van der Waals surface area contributed by atoms with Crippen molar-refractivity contribution >= 4 is 5.78 Å². The highest BCUT2D eigenvalue weighted by Crippen LogP contribution is 2.28. The second-order valence-corrected chi connectivity index (χ2v) is 6.79. The second-order valence-electron chi connectivity index (χ2n) is 6.79. The van der Waals surface area contributed by atoms with Gasteiger partial charge in [0.25, 0.3) is 5.78 Å². The number of hydrogen-bond acceptors (Lipinski definition) is 5. The molecular formula is C19H19FN6. The van der Waals surface area contributed by atoms with Crippen LogP contribution >= 0.6 is 0 Å². The van der Waals surface area contributed by atoms with Crippen molar-refractivity contribution in [3.05, 3.63) is 58.9 Å². The van der Waals surface area contributed by atoms with E-state index in [1.165, 1.54) is 12.4 Å². The van der Waals surface area contributed by atoms with Gasteiger partial charge in [-0.05, 0) is 50.1 Å². The van der Waals surface area contributed by atoms with Crippen molar-refractivity contribution in [2.45, 2.75) is 32.2 Å². The molecule has 0 aliphatic carbocycles. The quantitative estimate of drug-likeness (QED) is 0.726. The Hall–Kier alpha value is -2.85. The van der Waals surface area contributed by atoms with Crippen LogP contribution in [0.25, 0.3) is 5.78 Å². The molecule has 1 unspecified atom stereocenters. The summed E-state index contributed by atoms with van der Waals surface area (Å²) in [5.41, 5.74) is 3.13. The van der Waals surface area contributed by atoms with Crippen LogP contribution in [-0.4, -0.2) is 37.6 Å². The van der Waals surface area contributed by atoms with E-state index in [1.807, 2.05) is 17.5 Å². The van der Waals surface area contributed by atoms with Crippen LogP contribution in [0.5, 0.6) is 0 Å². The summed E-state index contributed by atoms with van der Waals surface area (Å²) in [6.45, 7) is 4.55. The van der Waals surface area contributed by atoms with E-state index >= 15 is 0 Å². The van der Waals surface area contributed by atoms with E-state index in [2.05, 4.69) is 26.0 Å². The lowest BCUT2D eigenvalue weighted by molar-refractivity contribution is 0.197. The lowest BCUT2D eigenvalue weighted by Crippen LogP contribution is -2.34. The Kier molecular flexibility index (Phi) is 4.35. The SMILES string of the molecule is Cc1cc(C2CCCN(Cc3ccc(F)c(C#N)c3)C2)n2ncnc2n1. The molecule has 3 heterocycles. The zero-order valence-corrected chi connectivity index (χ0v) is 14.6. The molecule has 0 N–H and O–H groups in total. The summed E-state index contributed by atoms with van der Waals surface area (Å²) in [7, 11) is 0. The standard InChI is InChI=1S/C19H19FN6/c1-13-7-18(26-19(24-13)22-12-23-26)15-3-2-6-25(11-15)10-14-4-5-17(20)16(8-14)9-21/h4-5,7-8,12,15H,2-3,6,10-11H2,1H3. The molecular weight excluding hydrogens is 331 g/mol. The van der Waals surface area contributed by atoms with Gasteiger partial charge in [-0.1, -0.05) is 6.07 Å². The first-order chi connectivity index (χ1) is 12.6. The summed E-state index contributed by atoms with van der Waals surface area (Å²) in [6, 6.07) is 8.77. The Balaban J connectivity index is 1.56. The number of likely N-dealkylation sites (tertiary alicyclic amines) is 1. The van der Waals surface area contributed by atoms with Gasteiger partial charge in [-0.15, -0.1) is 0 Å². The Morgan fingerprint density at radius 3 is 3.08 bits per heavy atom. The van der Waals surface area contributed by atoms with Crippen LogP contribution in [0.3, 0.4) is 0 Å². The minimum Gasteiger partial charge on any atom is -0.298 e. The fourth-order valence-corrected chi connectivity index (χ4v) is 3.70. The van der Waals surface area contributed by atoms with Crippen molar-refractivity contribution in [3.8, 4) is 6.07 Å². The molecule has 7 heteroatoms. The van der Waals surface area contributed by atoms with Gasteiger partial charge in [-0.2, -0.15) is 15.3 Å². The monoisotopic (exact) mass is 350 g/mol. The first kappa shape index (κ1) is 16.6. The summed E-state index contributed by atoms with van der Waals surface area (Å²) in [5, 5.41) is 13.3. The van der Waals surface area contributed by atoms with Crippen LogP contribution in [0.15, 0.2) is 30.6 Å². The number of aromatic nitrogens is 4. The molecule has 1 aromatic carbocycles. The molecule has 0 saturated carbocycles. The van der Waals surface area contributed by atoms with Crippen LogP contribution in [0.2, 0.25) is 0 Å². The average Bonchev–Trinajstić information content (AvgIpc) is 3.11. The van der Waals surface area contributed by atoms with E-state index in [4.69, 9.17) is 5.26 Å². The molecule has 4 rings (SSSR count). The number of nitriles is 1. The maximum Gasteiger partial charge on any atom is 0.252 e. The average molecular weight is 350 g/mol. The predicted octanol–water partition coefficient (Wildman–Crippen LogP) is 2.82. The maximum atomic E-state index is 13.5. The van der Waals surface area contributed by atoms with Gasteiger partial charge in [0.1, 0.15) is 18.2 Å². The van der Waals surface area contributed by atoms with Gasteiger partial charge < -0.3 is 0 Å². The topological polar surface area (TPSA) is 70.1 Å². The fourth-order valence-electron chi connectivity index (χ4n) is 3.70. The molecule has 0 radical (unpaired) electrons. The number of halogens is 1. The molecule has 26 heavy (non-hydrogen) atoms. The molecule has 0 amide bonds. The summed E-state index contributed by atoms with van der Waals surface area (Å²) in [6.07, 6.45) is 3.70. The van der Waals surface area contributed by atoms with Crippen LogP contribution in [0, 0.1) is 24.1 Å². The number of nitrogens with zero attached hydrogens (tertiary/aromatic N) is 6. The van der Waals surface area contributed by atoms with Crippen molar-refractivity contribution in [2.75, 3.05) is 13.1 Å². The molecule has 1 fully saturated rings. The van der Waals surface area contributed by atoms with Gasteiger partial charge in [-0.25, -0.2) is 13.9 Å². The van der Waals surface area contributed by atoms with Gasteiger partial charge in [0.15, 0.2) is 0 Å². The normalized spacial score (nSPS) is 18.1. The number of hydrogen-bond donors (Lipinski definition) is 0. The lowest BCUT2D eigenvalue weighted by atomic mass is 9.93. The van der Waals surface area contributed by atoms with Gasteiger partial charge in [0, 0.05) is 24.7 Å². The zero-order valence-electron chi connectivity index (χ0n) is 14.6. The zero-order chi connectivity index (χ0) is 18.1. The Morgan fingerprint density at radius 2 is 2.23 bits per heavy atom. The third kappa shape index (κ3) is 3.16. The van der Waals surface area contributed by atoms with Crippen molar-refractivity contribution in [2.24, 2.45) is 0 Å². The van der Waals surface area contributed by atoms with Crippen LogP contribution in [0.4, 0.5) is 4.39 Å². The van der Waals surface area contributed by atoms with E-state index in [-0.39, 0.29) is 5.56 Å². The van der Waals surface area contributed by atoms with E-state index in [0.29, 0.717) is 18.2 Å². The smallest absolute Gasteiger partial charge is 0.252 e. The first-order valence-corrected chi connectivity index (χ1v) is 8.72. The van der Waals surface area contributed by atoms with Crippen molar-refractivity contribution in [3.63, 3.8) is 0 Å². The largest absolute Gasteiger partial charge is 0.298 e. The van der Waals surface area contributed by atoms with E-state index < -0.39 is 5.82 Å². The highest BCUT2D eigenvalue weighted by Gasteiger charge is 2.24. The lowest BCUT2D eigenvalue weighted by Gasteiger charge is -2.33. The van der Waals surface area contributed by atoms with Crippen LogP contribution < -0.4 is 0 Å². The predicted molar refractivity (Wildman–Crippen MR) is 93.9 cm³/mol. The number of fused-ring (bicyclic) bond motifs is 1. The molecule has 0 spiro atoms. The van der Waals surface area contributed by atoms with Crippen molar-refractivity contribution < 1.29 is 4.39 Å². The third-order valence-corrected chi connectivity index (χ3v) is 4.89. The molecule has 1 aliphatic heterocycles. The van der Waals surface area contributed by atoms with Crippen LogP contribution in [-0.2, 0) is 6.54 Å². The second kappa shape index (κ2) is 6.81. The Labute approximate surface area is 150 Å². The number of rotatable bonds is 3. The summed E-state index contributed by atoms with van der Waals surface area (Å²) in [5.74, 6) is 0.508. The Bertz CT molecular complexity index is 989. The molecule has 0 bridgehead atoms. The molecule has 1 atom stereocenters. The number of benzene rings is 1. The molecule has 1 saturated heterocycles. The third-order valence-electron chi connectivity index (χ3n) is 4.89. The maximum absolute atomic E-state index is 13.5. The van der Waals surface area contributed by atoms with Gasteiger partial charge >= 0.3 is 0 Å². The number of piperidine rings is 1. The minimum atomic E-state index is -0.464. The molecule has 3 aromatic rings. The van der Waals surface area contributed by atoms with Gasteiger partial charge in [0.05, 0.1) is 11.3 Å². The summed E-state index contributed by atoms with van der Waals surface area (Å²) >= 11 is 0. The summed E-state index contributed by atoms with van der Waals surface area (Å²) < 4.78 is 15.4. The number of aryl methyl sites for hydroxylation is 1.